The van der Waals surface area contributed by atoms with Gasteiger partial charge in [0.1, 0.15) is 12.4 Å². The fourth-order valence-corrected chi connectivity index (χ4v) is 2.93. The molecule has 0 unspecified atom stereocenters. The lowest BCUT2D eigenvalue weighted by atomic mass is 9.95. The quantitative estimate of drug-likeness (QED) is 0.828. The minimum atomic E-state index is -0.892. The van der Waals surface area contributed by atoms with E-state index in [1.54, 1.807) is 19.1 Å². The third-order valence-corrected chi connectivity index (χ3v) is 4.13. The molecule has 0 saturated carbocycles. The van der Waals surface area contributed by atoms with E-state index in [1.807, 2.05) is 0 Å². The molecule has 3 rings (SSSR count). The molecular weight excluding hydrogens is 315 g/mol. The molecule has 1 aromatic rings. The Morgan fingerprint density at radius 2 is 2.21 bits per heavy atom. The van der Waals surface area contributed by atoms with Crippen LogP contribution in [-0.4, -0.2) is 31.3 Å². The number of amides is 2. The SMILES string of the molecule is CC1=C(C(=O)OC[C@H]2CCCO2)[C@H](c2ccccc2F)NC(=O)N1. The van der Waals surface area contributed by atoms with Crippen LogP contribution in [0, 0.1) is 5.82 Å². The number of urea groups is 1. The summed E-state index contributed by atoms with van der Waals surface area (Å²) < 4.78 is 24.9. The molecule has 0 radical (unpaired) electrons. The molecule has 0 aromatic heterocycles. The minimum absolute atomic E-state index is 0.104. The predicted molar refractivity (Wildman–Crippen MR) is 83.4 cm³/mol. The molecule has 0 aliphatic carbocycles. The number of allylic oxidation sites excluding steroid dienone is 1. The predicted octanol–water partition coefficient (Wildman–Crippen LogP) is 2.18. The standard InChI is InChI=1S/C17H19FN2O4/c1-10-14(16(21)24-9-11-5-4-8-23-11)15(20-17(22)19-10)12-6-2-3-7-13(12)18/h2-3,6-7,11,15H,4-5,8-9H2,1H3,(H2,19,20,22)/t11-,15+/m1/s1. The number of rotatable bonds is 4. The molecule has 7 heteroatoms. The van der Waals surface area contributed by atoms with Crippen LogP contribution in [0.25, 0.3) is 0 Å². The molecule has 2 amide bonds. The molecule has 1 saturated heterocycles. The molecule has 2 heterocycles. The van der Waals surface area contributed by atoms with Gasteiger partial charge in [0.15, 0.2) is 0 Å². The van der Waals surface area contributed by atoms with Gasteiger partial charge < -0.3 is 20.1 Å². The molecule has 0 spiro atoms. The van der Waals surface area contributed by atoms with Crippen LogP contribution in [-0.2, 0) is 14.3 Å². The van der Waals surface area contributed by atoms with E-state index < -0.39 is 23.9 Å². The first-order valence-electron chi connectivity index (χ1n) is 7.87. The van der Waals surface area contributed by atoms with E-state index in [-0.39, 0.29) is 23.8 Å². The summed E-state index contributed by atoms with van der Waals surface area (Å²) in [5.74, 6) is -1.09. The molecule has 24 heavy (non-hydrogen) atoms. The van der Waals surface area contributed by atoms with Crippen LogP contribution in [0.3, 0.4) is 0 Å². The average molecular weight is 334 g/mol. The molecule has 1 fully saturated rings. The normalized spacial score (nSPS) is 23.7. The first-order chi connectivity index (χ1) is 11.6. The van der Waals surface area contributed by atoms with E-state index in [0.29, 0.717) is 12.3 Å². The van der Waals surface area contributed by atoms with E-state index >= 15 is 0 Å². The molecule has 2 N–H and O–H groups in total. The topological polar surface area (TPSA) is 76.7 Å². The second-order valence-corrected chi connectivity index (χ2v) is 5.83. The molecule has 2 aliphatic rings. The second-order valence-electron chi connectivity index (χ2n) is 5.83. The van der Waals surface area contributed by atoms with Crippen molar-refractivity contribution in [1.29, 1.82) is 0 Å². The number of carbonyl (C=O) groups is 2. The zero-order valence-electron chi connectivity index (χ0n) is 13.3. The summed E-state index contributed by atoms with van der Waals surface area (Å²) in [4.78, 5) is 24.3. The maximum atomic E-state index is 14.1. The first-order valence-corrected chi connectivity index (χ1v) is 7.87. The van der Waals surface area contributed by atoms with Crippen molar-refractivity contribution in [3.63, 3.8) is 0 Å². The third kappa shape index (κ3) is 3.41. The van der Waals surface area contributed by atoms with Gasteiger partial charge in [-0.2, -0.15) is 0 Å². The number of carbonyl (C=O) groups excluding carboxylic acids is 2. The van der Waals surface area contributed by atoms with Crippen molar-refractivity contribution in [3.05, 3.63) is 46.9 Å². The Hall–Kier alpha value is -2.41. The Labute approximate surface area is 139 Å². The lowest BCUT2D eigenvalue weighted by Gasteiger charge is -2.28. The second kappa shape index (κ2) is 7.00. The fourth-order valence-electron chi connectivity index (χ4n) is 2.93. The van der Waals surface area contributed by atoms with Crippen LogP contribution in [0.5, 0.6) is 0 Å². The van der Waals surface area contributed by atoms with Gasteiger partial charge in [0, 0.05) is 17.9 Å². The summed E-state index contributed by atoms with van der Waals surface area (Å²) in [6.07, 6.45) is 1.68. The van der Waals surface area contributed by atoms with E-state index in [2.05, 4.69) is 10.6 Å². The van der Waals surface area contributed by atoms with Gasteiger partial charge >= 0.3 is 12.0 Å². The number of hydrogen-bond donors (Lipinski definition) is 2. The minimum Gasteiger partial charge on any atom is -0.459 e. The Kier molecular flexibility index (Phi) is 4.80. The molecule has 2 atom stereocenters. The largest absolute Gasteiger partial charge is 0.459 e. The maximum Gasteiger partial charge on any atom is 0.338 e. The van der Waals surface area contributed by atoms with Crippen LogP contribution in [0.4, 0.5) is 9.18 Å². The molecular formula is C17H19FN2O4. The van der Waals surface area contributed by atoms with E-state index in [4.69, 9.17) is 9.47 Å². The van der Waals surface area contributed by atoms with Crippen molar-refractivity contribution in [3.8, 4) is 0 Å². The Balaban J connectivity index is 1.83. The van der Waals surface area contributed by atoms with Crippen molar-refractivity contribution in [1.82, 2.24) is 10.6 Å². The highest BCUT2D eigenvalue weighted by Crippen LogP contribution is 2.29. The van der Waals surface area contributed by atoms with Crippen LogP contribution in [0.15, 0.2) is 35.5 Å². The van der Waals surface area contributed by atoms with Crippen LogP contribution >= 0.6 is 0 Å². The number of halogens is 1. The number of nitrogens with one attached hydrogen (secondary N) is 2. The van der Waals surface area contributed by atoms with Gasteiger partial charge in [-0.25, -0.2) is 14.0 Å². The Morgan fingerprint density at radius 3 is 2.92 bits per heavy atom. The third-order valence-electron chi connectivity index (χ3n) is 4.13. The van der Waals surface area contributed by atoms with Crippen molar-refractivity contribution < 1.29 is 23.5 Å². The average Bonchev–Trinajstić information content (AvgIpc) is 3.06. The van der Waals surface area contributed by atoms with Crippen LogP contribution < -0.4 is 10.6 Å². The molecule has 1 aromatic carbocycles. The summed E-state index contributed by atoms with van der Waals surface area (Å²) in [7, 11) is 0. The van der Waals surface area contributed by atoms with Crippen molar-refractivity contribution in [2.75, 3.05) is 13.2 Å². The lowest BCUT2D eigenvalue weighted by Crippen LogP contribution is -2.45. The number of hydrogen-bond acceptors (Lipinski definition) is 4. The fraction of sp³-hybridized carbons (Fsp3) is 0.412. The number of benzene rings is 1. The summed E-state index contributed by atoms with van der Waals surface area (Å²) in [5.41, 5.74) is 0.762. The van der Waals surface area contributed by atoms with Gasteiger partial charge in [-0.05, 0) is 25.8 Å². The highest BCUT2D eigenvalue weighted by atomic mass is 19.1. The molecule has 6 nitrogen and oxygen atoms in total. The maximum absolute atomic E-state index is 14.1. The summed E-state index contributed by atoms with van der Waals surface area (Å²) >= 11 is 0. The number of esters is 1. The molecule has 128 valence electrons. The van der Waals surface area contributed by atoms with Crippen LogP contribution in [0.1, 0.15) is 31.4 Å². The highest BCUT2D eigenvalue weighted by Gasteiger charge is 2.34. The molecule has 0 bridgehead atoms. The zero-order chi connectivity index (χ0) is 17.1. The van der Waals surface area contributed by atoms with Crippen molar-refractivity contribution in [2.24, 2.45) is 0 Å². The van der Waals surface area contributed by atoms with Gasteiger partial charge in [0.05, 0.1) is 17.7 Å². The highest BCUT2D eigenvalue weighted by molar-refractivity contribution is 5.95. The zero-order valence-corrected chi connectivity index (χ0v) is 13.3. The van der Waals surface area contributed by atoms with E-state index in [9.17, 15) is 14.0 Å². The van der Waals surface area contributed by atoms with Crippen LogP contribution in [0.2, 0.25) is 0 Å². The van der Waals surface area contributed by atoms with Crippen molar-refractivity contribution in [2.45, 2.75) is 31.9 Å². The Morgan fingerprint density at radius 1 is 1.42 bits per heavy atom. The van der Waals surface area contributed by atoms with Gasteiger partial charge in [-0.1, -0.05) is 18.2 Å². The summed E-state index contributed by atoms with van der Waals surface area (Å²) in [6.45, 7) is 2.40. The Bertz CT molecular complexity index is 683. The monoisotopic (exact) mass is 334 g/mol. The van der Waals surface area contributed by atoms with Crippen molar-refractivity contribution >= 4 is 12.0 Å². The first kappa shape index (κ1) is 16.4. The van der Waals surface area contributed by atoms with Gasteiger partial charge in [-0.15, -0.1) is 0 Å². The molecule has 2 aliphatic heterocycles. The van der Waals surface area contributed by atoms with E-state index in [0.717, 1.165) is 12.8 Å². The van der Waals surface area contributed by atoms with Gasteiger partial charge in [0.25, 0.3) is 0 Å². The number of ether oxygens (including phenoxy) is 2. The van der Waals surface area contributed by atoms with Gasteiger partial charge in [-0.3, -0.25) is 0 Å². The smallest absolute Gasteiger partial charge is 0.338 e. The van der Waals surface area contributed by atoms with Gasteiger partial charge in [0.2, 0.25) is 0 Å². The summed E-state index contributed by atoms with van der Waals surface area (Å²) in [6, 6.07) is 4.64. The lowest BCUT2D eigenvalue weighted by molar-refractivity contribution is -0.142. The van der Waals surface area contributed by atoms with E-state index in [1.165, 1.54) is 12.1 Å². The summed E-state index contributed by atoms with van der Waals surface area (Å²) in [5, 5.41) is 5.12.